The zero-order valence-corrected chi connectivity index (χ0v) is 16.6. The van der Waals surface area contributed by atoms with Crippen molar-refractivity contribution in [3.05, 3.63) is 0 Å². The Kier molecular flexibility index (Phi) is 27.1. The largest absolute Gasteiger partial charge is 0.379 e. The fourth-order valence-electron chi connectivity index (χ4n) is 1.55. The number of ether oxygens (including phenoxy) is 5. The average molecular weight is 352 g/mol. The molecule has 0 spiro atoms. The van der Waals surface area contributed by atoms with Crippen molar-refractivity contribution in [3.63, 3.8) is 0 Å². The van der Waals surface area contributed by atoms with Crippen molar-refractivity contribution in [2.45, 2.75) is 47.1 Å². The van der Waals surface area contributed by atoms with Gasteiger partial charge in [-0.2, -0.15) is 0 Å². The van der Waals surface area contributed by atoms with E-state index in [-0.39, 0.29) is 0 Å². The Hall–Kier alpha value is -0.240. The fraction of sp³-hybridized carbons (Fsp3) is 1.00. The van der Waals surface area contributed by atoms with Gasteiger partial charge in [0.25, 0.3) is 0 Å². The second-order valence-electron chi connectivity index (χ2n) is 5.17. The van der Waals surface area contributed by atoms with Crippen LogP contribution in [0.15, 0.2) is 0 Å². The van der Waals surface area contributed by atoms with E-state index in [0.717, 1.165) is 26.2 Å². The monoisotopic (exact) mass is 351 g/mol. The van der Waals surface area contributed by atoms with Crippen LogP contribution in [0.2, 0.25) is 0 Å². The van der Waals surface area contributed by atoms with Gasteiger partial charge in [-0.25, -0.2) is 0 Å². The first-order chi connectivity index (χ1) is 11.8. The van der Waals surface area contributed by atoms with Crippen LogP contribution in [0, 0.1) is 0 Å². The third kappa shape index (κ3) is 26.6. The van der Waals surface area contributed by atoms with Gasteiger partial charge in [0.1, 0.15) is 0 Å². The van der Waals surface area contributed by atoms with Crippen LogP contribution in [-0.2, 0) is 23.7 Å². The van der Waals surface area contributed by atoms with Crippen LogP contribution in [0.1, 0.15) is 41.0 Å². The van der Waals surface area contributed by atoms with Gasteiger partial charge in [0.15, 0.2) is 0 Å². The predicted octanol–water partition coefficient (Wildman–Crippen LogP) is 2.50. The number of hydrogen-bond acceptors (Lipinski definition) is 6. The van der Waals surface area contributed by atoms with Crippen LogP contribution >= 0.6 is 0 Å². The van der Waals surface area contributed by atoms with Crippen LogP contribution in [-0.4, -0.2) is 78.7 Å². The molecule has 0 atom stereocenters. The van der Waals surface area contributed by atoms with Crippen LogP contribution in [0.4, 0.5) is 0 Å². The Bertz CT molecular complexity index is 206. The minimum Gasteiger partial charge on any atom is -0.379 e. The summed E-state index contributed by atoms with van der Waals surface area (Å²) in [7, 11) is 0. The number of nitrogens with one attached hydrogen (secondary N) is 1. The molecule has 0 unspecified atom stereocenters. The van der Waals surface area contributed by atoms with Gasteiger partial charge in [-0.1, -0.05) is 34.6 Å². The lowest BCUT2D eigenvalue weighted by molar-refractivity contribution is -0.0108. The molecule has 0 aliphatic carbocycles. The van der Waals surface area contributed by atoms with Crippen molar-refractivity contribution >= 4 is 0 Å². The van der Waals surface area contributed by atoms with Crippen LogP contribution in [0.5, 0.6) is 0 Å². The molecule has 0 saturated carbocycles. The fourth-order valence-corrected chi connectivity index (χ4v) is 1.55. The van der Waals surface area contributed by atoms with Gasteiger partial charge in [-0.15, -0.1) is 0 Å². The maximum absolute atomic E-state index is 5.42. The standard InChI is InChI=1S/C16H35NO5.C2H6/c1-4-6-18-8-10-20-12-14-22-15-13-21-11-9-19-7-5-17-16(2)3;1-2/h16-17H,4-15H2,1-3H3;1-2H3. The Morgan fingerprint density at radius 2 is 0.917 bits per heavy atom. The minimum atomic E-state index is 0.504. The molecule has 0 radical (unpaired) electrons. The Morgan fingerprint density at radius 3 is 1.25 bits per heavy atom. The van der Waals surface area contributed by atoms with Crippen LogP contribution < -0.4 is 5.32 Å². The molecule has 148 valence electrons. The number of hydrogen-bond donors (Lipinski definition) is 1. The summed E-state index contributed by atoms with van der Waals surface area (Å²) >= 11 is 0. The molecule has 6 nitrogen and oxygen atoms in total. The molecule has 0 aromatic heterocycles. The van der Waals surface area contributed by atoms with Gasteiger partial charge in [-0.3, -0.25) is 0 Å². The third-order valence-electron chi connectivity index (χ3n) is 2.64. The highest BCUT2D eigenvalue weighted by Gasteiger charge is 1.94. The molecule has 0 aromatic carbocycles. The van der Waals surface area contributed by atoms with Gasteiger partial charge in [-0.05, 0) is 6.42 Å². The summed E-state index contributed by atoms with van der Waals surface area (Å²) in [5.41, 5.74) is 0. The molecular weight excluding hydrogens is 310 g/mol. The van der Waals surface area contributed by atoms with Crippen molar-refractivity contribution in [2.75, 3.05) is 72.6 Å². The smallest absolute Gasteiger partial charge is 0.0701 e. The zero-order chi connectivity index (χ0) is 18.3. The minimum absolute atomic E-state index is 0.504. The van der Waals surface area contributed by atoms with E-state index >= 15 is 0 Å². The van der Waals surface area contributed by atoms with E-state index < -0.39 is 0 Å². The predicted molar refractivity (Wildman–Crippen MR) is 98.9 cm³/mol. The molecule has 0 fully saturated rings. The molecular formula is C18H41NO5. The van der Waals surface area contributed by atoms with E-state index in [4.69, 9.17) is 23.7 Å². The highest BCUT2D eigenvalue weighted by molar-refractivity contribution is 4.50. The topological polar surface area (TPSA) is 58.2 Å². The van der Waals surface area contributed by atoms with E-state index in [1.165, 1.54) is 0 Å². The van der Waals surface area contributed by atoms with Gasteiger partial charge < -0.3 is 29.0 Å². The van der Waals surface area contributed by atoms with Gasteiger partial charge in [0.05, 0.1) is 59.5 Å². The molecule has 0 rings (SSSR count). The first-order valence-electron chi connectivity index (χ1n) is 9.39. The molecule has 0 heterocycles. The normalized spacial score (nSPS) is 10.8. The summed E-state index contributed by atoms with van der Waals surface area (Å²) in [6.07, 6.45) is 1.04. The van der Waals surface area contributed by atoms with E-state index in [0.29, 0.717) is 58.9 Å². The molecule has 6 heteroatoms. The molecule has 24 heavy (non-hydrogen) atoms. The molecule has 0 amide bonds. The lowest BCUT2D eigenvalue weighted by Gasteiger charge is -2.09. The highest BCUT2D eigenvalue weighted by Crippen LogP contribution is 1.85. The van der Waals surface area contributed by atoms with Crippen molar-refractivity contribution in [1.82, 2.24) is 5.32 Å². The maximum atomic E-state index is 5.42. The Labute approximate surface area is 149 Å². The molecule has 0 bridgehead atoms. The Morgan fingerprint density at radius 1 is 0.583 bits per heavy atom. The summed E-state index contributed by atoms with van der Waals surface area (Å²) in [5.74, 6) is 0. The van der Waals surface area contributed by atoms with E-state index in [2.05, 4.69) is 26.1 Å². The maximum Gasteiger partial charge on any atom is 0.0701 e. The molecule has 0 aliphatic rings. The first-order valence-corrected chi connectivity index (χ1v) is 9.39. The van der Waals surface area contributed by atoms with E-state index in [9.17, 15) is 0 Å². The van der Waals surface area contributed by atoms with Gasteiger partial charge in [0, 0.05) is 19.2 Å². The lowest BCUT2D eigenvalue weighted by atomic mass is 10.4. The summed E-state index contributed by atoms with van der Waals surface area (Å²) in [5, 5.41) is 3.29. The zero-order valence-electron chi connectivity index (χ0n) is 16.6. The third-order valence-corrected chi connectivity index (χ3v) is 2.64. The van der Waals surface area contributed by atoms with Crippen LogP contribution in [0.25, 0.3) is 0 Å². The molecule has 1 N–H and O–H groups in total. The molecule has 0 aromatic rings. The van der Waals surface area contributed by atoms with Crippen molar-refractivity contribution in [3.8, 4) is 0 Å². The molecule has 0 aliphatic heterocycles. The average Bonchev–Trinajstić information content (AvgIpc) is 2.59. The lowest BCUT2D eigenvalue weighted by Crippen LogP contribution is -2.27. The van der Waals surface area contributed by atoms with Crippen molar-refractivity contribution in [2.24, 2.45) is 0 Å². The summed E-state index contributed by atoms with van der Waals surface area (Å²) < 4.78 is 26.9. The Balaban J connectivity index is 0. The highest BCUT2D eigenvalue weighted by atomic mass is 16.6. The van der Waals surface area contributed by atoms with E-state index in [1.54, 1.807) is 0 Å². The first kappa shape index (κ1) is 26.0. The van der Waals surface area contributed by atoms with Gasteiger partial charge >= 0.3 is 0 Å². The summed E-state index contributed by atoms with van der Waals surface area (Å²) in [6.45, 7) is 17.6. The second kappa shape index (κ2) is 25.0. The quantitative estimate of drug-likeness (QED) is 0.383. The van der Waals surface area contributed by atoms with Crippen LogP contribution in [0.3, 0.4) is 0 Å². The summed E-state index contributed by atoms with van der Waals surface area (Å²) in [6, 6.07) is 0.504. The number of rotatable bonds is 18. The van der Waals surface area contributed by atoms with Crippen molar-refractivity contribution in [1.29, 1.82) is 0 Å². The molecule has 0 saturated heterocycles. The van der Waals surface area contributed by atoms with Gasteiger partial charge in [0.2, 0.25) is 0 Å². The summed E-state index contributed by atoms with van der Waals surface area (Å²) in [4.78, 5) is 0. The second-order valence-corrected chi connectivity index (χ2v) is 5.17. The van der Waals surface area contributed by atoms with E-state index in [1.807, 2.05) is 13.8 Å². The SMILES string of the molecule is CC.CCCOCCOCCOCCOCCOCCNC(C)C. The van der Waals surface area contributed by atoms with Crippen molar-refractivity contribution < 1.29 is 23.7 Å².